The van der Waals surface area contributed by atoms with E-state index in [1.807, 2.05) is 49.1 Å². The van der Waals surface area contributed by atoms with E-state index >= 15 is 0 Å². The quantitative estimate of drug-likeness (QED) is 0.311. The zero-order valence-electron chi connectivity index (χ0n) is 21.7. The van der Waals surface area contributed by atoms with Gasteiger partial charge in [-0.05, 0) is 65.3 Å². The number of nitrogen functional groups attached to an aromatic ring is 1. The number of rotatable bonds is 9. The molecule has 5 rings (SSSR count). The fraction of sp³-hybridized carbons (Fsp3) is 0.250. The SMILES string of the molecule is COCc1nc(C(=O)NCc2cc3ccnc(N)c3cc2C)nn1Cc1ccc(Cn2cc(C)cn2)cc1. The molecule has 0 aliphatic carbocycles. The number of carbonyl (C=O) groups excluding carboxylic acids is 1. The van der Waals surface area contributed by atoms with E-state index < -0.39 is 0 Å². The summed E-state index contributed by atoms with van der Waals surface area (Å²) in [4.78, 5) is 21.6. The highest BCUT2D eigenvalue weighted by molar-refractivity contribution is 5.92. The summed E-state index contributed by atoms with van der Waals surface area (Å²) in [5.41, 5.74) is 11.3. The van der Waals surface area contributed by atoms with Crippen LogP contribution in [0.2, 0.25) is 0 Å². The summed E-state index contributed by atoms with van der Waals surface area (Å²) < 4.78 is 8.92. The lowest BCUT2D eigenvalue weighted by Gasteiger charge is -2.10. The number of hydrogen-bond acceptors (Lipinski definition) is 7. The average molecular weight is 511 g/mol. The maximum absolute atomic E-state index is 13.0. The minimum atomic E-state index is -0.347. The van der Waals surface area contributed by atoms with Gasteiger partial charge < -0.3 is 15.8 Å². The highest BCUT2D eigenvalue weighted by atomic mass is 16.5. The largest absolute Gasteiger partial charge is 0.383 e. The fourth-order valence-electron chi connectivity index (χ4n) is 4.34. The summed E-state index contributed by atoms with van der Waals surface area (Å²) in [6, 6.07) is 14.2. The number of nitrogens with zero attached hydrogens (tertiary/aromatic N) is 6. The van der Waals surface area contributed by atoms with Crippen molar-refractivity contribution in [2.75, 3.05) is 12.8 Å². The predicted octanol–water partition coefficient (Wildman–Crippen LogP) is 3.39. The molecule has 3 heterocycles. The van der Waals surface area contributed by atoms with E-state index in [0.717, 1.165) is 38.6 Å². The van der Waals surface area contributed by atoms with Gasteiger partial charge in [0.05, 0.1) is 19.3 Å². The van der Waals surface area contributed by atoms with Crippen LogP contribution >= 0.6 is 0 Å². The molecular formula is C28H30N8O2. The number of aryl methyl sites for hydroxylation is 2. The number of fused-ring (bicyclic) bond motifs is 1. The standard InChI is InChI=1S/C28H30N8O2/c1-18-12-32-35(14-18)15-20-4-6-21(7-5-20)16-36-25(17-38-3)33-27(34-36)28(37)31-13-23-11-22-8-9-30-26(29)24(22)10-19(23)2/h4-12,14H,13,15-17H2,1-3H3,(H2,29,30)(H,31,37). The Kier molecular flexibility index (Phi) is 7.14. The van der Waals surface area contributed by atoms with Crippen molar-refractivity contribution in [3.8, 4) is 0 Å². The Hall–Kier alpha value is -4.57. The molecule has 1 amide bonds. The van der Waals surface area contributed by atoms with Gasteiger partial charge in [-0.1, -0.05) is 24.3 Å². The minimum absolute atomic E-state index is 0.106. The molecule has 0 spiro atoms. The van der Waals surface area contributed by atoms with Crippen LogP contribution in [0.5, 0.6) is 0 Å². The molecule has 10 nitrogen and oxygen atoms in total. The molecule has 0 unspecified atom stereocenters. The van der Waals surface area contributed by atoms with Gasteiger partial charge in [-0.2, -0.15) is 5.10 Å². The number of aromatic nitrogens is 6. The van der Waals surface area contributed by atoms with Crippen molar-refractivity contribution in [1.82, 2.24) is 34.8 Å². The van der Waals surface area contributed by atoms with Gasteiger partial charge in [0.1, 0.15) is 12.4 Å². The lowest BCUT2D eigenvalue weighted by Crippen LogP contribution is -2.24. The van der Waals surface area contributed by atoms with Crippen LogP contribution in [0.25, 0.3) is 10.8 Å². The molecular weight excluding hydrogens is 480 g/mol. The molecule has 38 heavy (non-hydrogen) atoms. The third-order valence-corrected chi connectivity index (χ3v) is 6.38. The molecule has 0 aliphatic heterocycles. The molecule has 0 aliphatic rings. The van der Waals surface area contributed by atoms with E-state index in [1.165, 1.54) is 0 Å². The van der Waals surface area contributed by atoms with Crippen LogP contribution < -0.4 is 11.1 Å². The molecule has 194 valence electrons. The van der Waals surface area contributed by atoms with E-state index in [2.05, 4.69) is 49.7 Å². The van der Waals surface area contributed by atoms with Crippen LogP contribution in [0.4, 0.5) is 5.82 Å². The zero-order valence-corrected chi connectivity index (χ0v) is 21.7. The Bertz CT molecular complexity index is 1590. The van der Waals surface area contributed by atoms with Gasteiger partial charge in [-0.15, -0.1) is 5.10 Å². The van der Waals surface area contributed by atoms with Crippen molar-refractivity contribution in [1.29, 1.82) is 0 Å². The Morgan fingerprint density at radius 2 is 1.84 bits per heavy atom. The lowest BCUT2D eigenvalue weighted by atomic mass is 10.0. The first-order valence-electron chi connectivity index (χ1n) is 12.3. The zero-order chi connectivity index (χ0) is 26.6. The number of amides is 1. The van der Waals surface area contributed by atoms with Crippen LogP contribution in [0.1, 0.15) is 44.3 Å². The van der Waals surface area contributed by atoms with Gasteiger partial charge in [0, 0.05) is 31.4 Å². The van der Waals surface area contributed by atoms with Gasteiger partial charge >= 0.3 is 0 Å². The number of ether oxygens (including phenoxy) is 1. The molecule has 0 atom stereocenters. The molecule has 3 N–H and O–H groups in total. The fourth-order valence-corrected chi connectivity index (χ4v) is 4.34. The van der Waals surface area contributed by atoms with Crippen molar-refractivity contribution >= 4 is 22.5 Å². The summed E-state index contributed by atoms with van der Waals surface area (Å²) in [5, 5.41) is 13.6. The average Bonchev–Trinajstić information content (AvgIpc) is 3.50. The molecule has 2 aromatic carbocycles. The number of pyridine rings is 1. The van der Waals surface area contributed by atoms with Gasteiger partial charge in [0.25, 0.3) is 5.91 Å². The predicted molar refractivity (Wildman–Crippen MR) is 144 cm³/mol. The smallest absolute Gasteiger partial charge is 0.291 e. The van der Waals surface area contributed by atoms with Crippen molar-refractivity contribution in [3.05, 3.63) is 101 Å². The van der Waals surface area contributed by atoms with E-state index in [0.29, 0.717) is 31.3 Å². The summed E-state index contributed by atoms with van der Waals surface area (Å²) in [6.07, 6.45) is 5.54. The Morgan fingerprint density at radius 3 is 2.55 bits per heavy atom. The number of nitrogens with two attached hydrogens (primary N) is 1. The molecule has 5 aromatic rings. The lowest BCUT2D eigenvalue weighted by molar-refractivity contribution is 0.0940. The highest BCUT2D eigenvalue weighted by Gasteiger charge is 2.17. The number of benzene rings is 2. The van der Waals surface area contributed by atoms with E-state index in [-0.39, 0.29) is 18.3 Å². The summed E-state index contributed by atoms with van der Waals surface area (Å²) in [6.45, 7) is 5.77. The monoisotopic (exact) mass is 510 g/mol. The maximum Gasteiger partial charge on any atom is 0.291 e. The number of methoxy groups -OCH3 is 1. The van der Waals surface area contributed by atoms with Crippen LogP contribution in [0, 0.1) is 13.8 Å². The third-order valence-electron chi connectivity index (χ3n) is 6.38. The third kappa shape index (κ3) is 5.55. The normalized spacial score (nSPS) is 11.2. The first-order valence-corrected chi connectivity index (χ1v) is 12.3. The molecule has 0 bridgehead atoms. The van der Waals surface area contributed by atoms with E-state index in [4.69, 9.17) is 10.5 Å². The second-order valence-electron chi connectivity index (χ2n) is 9.35. The van der Waals surface area contributed by atoms with Crippen LogP contribution in [0.3, 0.4) is 0 Å². The molecule has 0 fully saturated rings. The molecule has 10 heteroatoms. The number of carbonyl (C=O) groups is 1. The first-order chi connectivity index (χ1) is 18.4. The molecule has 0 saturated carbocycles. The highest BCUT2D eigenvalue weighted by Crippen LogP contribution is 2.23. The minimum Gasteiger partial charge on any atom is -0.383 e. The van der Waals surface area contributed by atoms with Crippen LogP contribution in [-0.4, -0.2) is 42.5 Å². The van der Waals surface area contributed by atoms with Gasteiger partial charge in [0.2, 0.25) is 5.82 Å². The van der Waals surface area contributed by atoms with E-state index in [1.54, 1.807) is 18.0 Å². The van der Waals surface area contributed by atoms with Gasteiger partial charge in [0.15, 0.2) is 5.82 Å². The first kappa shape index (κ1) is 25.1. The van der Waals surface area contributed by atoms with Crippen molar-refractivity contribution in [2.45, 2.75) is 40.1 Å². The summed E-state index contributed by atoms with van der Waals surface area (Å²) >= 11 is 0. The summed E-state index contributed by atoms with van der Waals surface area (Å²) in [7, 11) is 1.59. The molecule has 0 radical (unpaired) electrons. The Morgan fingerprint density at radius 1 is 1.08 bits per heavy atom. The summed E-state index contributed by atoms with van der Waals surface area (Å²) in [5.74, 6) is 0.831. The maximum atomic E-state index is 13.0. The van der Waals surface area contributed by atoms with Crippen LogP contribution in [-0.2, 0) is 31.0 Å². The topological polar surface area (TPSA) is 126 Å². The second kappa shape index (κ2) is 10.8. The number of anilines is 1. The van der Waals surface area contributed by atoms with Gasteiger partial charge in [-0.3, -0.25) is 9.48 Å². The Labute approximate surface area is 220 Å². The van der Waals surface area contributed by atoms with Crippen molar-refractivity contribution in [3.63, 3.8) is 0 Å². The Balaban J connectivity index is 1.27. The molecule has 0 saturated heterocycles. The number of nitrogens with one attached hydrogen (secondary N) is 1. The van der Waals surface area contributed by atoms with Gasteiger partial charge in [-0.25, -0.2) is 14.6 Å². The molecule has 3 aromatic heterocycles. The van der Waals surface area contributed by atoms with Crippen LogP contribution in [0.15, 0.2) is 61.1 Å². The second-order valence-corrected chi connectivity index (χ2v) is 9.35. The van der Waals surface area contributed by atoms with E-state index in [9.17, 15) is 4.79 Å². The number of hydrogen-bond donors (Lipinski definition) is 2. The van der Waals surface area contributed by atoms with Crippen molar-refractivity contribution in [2.24, 2.45) is 0 Å². The van der Waals surface area contributed by atoms with Crippen molar-refractivity contribution < 1.29 is 9.53 Å².